The fraction of sp³-hybridized carbons (Fsp3) is 0.375. The standard InChI is InChI=1S/C24H26Cl2N4O4/c25-18-1-6-22(23(26)13-18)24(16-28-8-7-27-17-28)33-15-21(34-24)14-32-20-4-2-19(3-5-20)29-9-11-30(31)12-10-29/h1-8,13,17,21,31H,9-12,14-16H2. The van der Waals surface area contributed by atoms with E-state index in [1.54, 1.807) is 24.7 Å². The fourth-order valence-corrected chi connectivity index (χ4v) is 4.82. The van der Waals surface area contributed by atoms with Crippen LogP contribution in [0.25, 0.3) is 0 Å². The highest BCUT2D eigenvalue weighted by Crippen LogP contribution is 2.40. The molecule has 2 saturated heterocycles. The van der Waals surface area contributed by atoms with Crippen molar-refractivity contribution >= 4 is 28.9 Å². The number of anilines is 1. The molecule has 2 unspecified atom stereocenters. The number of halogens is 2. The number of ether oxygens (including phenoxy) is 3. The van der Waals surface area contributed by atoms with E-state index in [0.29, 0.717) is 48.5 Å². The van der Waals surface area contributed by atoms with Crippen LogP contribution < -0.4 is 9.64 Å². The highest BCUT2D eigenvalue weighted by molar-refractivity contribution is 6.35. The number of hydrogen-bond acceptors (Lipinski definition) is 7. The van der Waals surface area contributed by atoms with E-state index in [0.717, 1.165) is 24.5 Å². The summed E-state index contributed by atoms with van der Waals surface area (Å²) in [6, 6.07) is 13.3. The van der Waals surface area contributed by atoms with Crippen LogP contribution in [0.5, 0.6) is 5.75 Å². The number of rotatable bonds is 7. The molecular weight excluding hydrogens is 479 g/mol. The van der Waals surface area contributed by atoms with Gasteiger partial charge in [-0.3, -0.25) is 0 Å². The molecule has 2 aliphatic rings. The topological polar surface area (TPSA) is 72.2 Å². The van der Waals surface area contributed by atoms with Gasteiger partial charge in [0.25, 0.3) is 0 Å². The van der Waals surface area contributed by atoms with Gasteiger partial charge in [0.15, 0.2) is 0 Å². The third kappa shape index (κ3) is 5.17. The van der Waals surface area contributed by atoms with Crippen molar-refractivity contribution in [3.05, 3.63) is 76.8 Å². The maximum atomic E-state index is 9.55. The third-order valence-corrected chi connectivity index (χ3v) is 6.59. The Hall–Kier alpha value is -2.33. The van der Waals surface area contributed by atoms with Crippen LogP contribution in [0.15, 0.2) is 61.2 Å². The van der Waals surface area contributed by atoms with Crippen molar-refractivity contribution in [2.45, 2.75) is 18.4 Å². The van der Waals surface area contributed by atoms with Crippen molar-refractivity contribution in [1.29, 1.82) is 0 Å². The molecule has 3 heterocycles. The summed E-state index contributed by atoms with van der Waals surface area (Å²) < 4.78 is 20.5. The van der Waals surface area contributed by atoms with Crippen LogP contribution in [0, 0.1) is 0 Å². The summed E-state index contributed by atoms with van der Waals surface area (Å²) in [6.07, 6.45) is 4.99. The molecule has 2 atom stereocenters. The third-order valence-electron chi connectivity index (χ3n) is 6.04. The zero-order chi connectivity index (χ0) is 23.5. The lowest BCUT2D eigenvalue weighted by molar-refractivity contribution is -0.189. The largest absolute Gasteiger partial charge is 0.491 e. The zero-order valence-corrected chi connectivity index (χ0v) is 20.0. The minimum atomic E-state index is -1.07. The van der Waals surface area contributed by atoms with Crippen LogP contribution in [0.4, 0.5) is 5.69 Å². The maximum Gasteiger partial charge on any atom is 0.215 e. The van der Waals surface area contributed by atoms with Crippen molar-refractivity contribution in [2.24, 2.45) is 0 Å². The lowest BCUT2D eigenvalue weighted by Crippen LogP contribution is -2.44. The van der Waals surface area contributed by atoms with Gasteiger partial charge >= 0.3 is 0 Å². The second-order valence-electron chi connectivity index (χ2n) is 8.41. The first-order valence-corrected chi connectivity index (χ1v) is 11.9. The van der Waals surface area contributed by atoms with E-state index in [1.807, 2.05) is 41.1 Å². The van der Waals surface area contributed by atoms with Gasteiger partial charge in [-0.05, 0) is 36.4 Å². The van der Waals surface area contributed by atoms with Crippen molar-refractivity contribution in [3.8, 4) is 5.75 Å². The number of imidazole rings is 1. The average molecular weight is 505 g/mol. The zero-order valence-electron chi connectivity index (χ0n) is 18.5. The van der Waals surface area contributed by atoms with E-state index in [2.05, 4.69) is 9.88 Å². The maximum absolute atomic E-state index is 9.55. The molecule has 1 aromatic heterocycles. The van der Waals surface area contributed by atoms with Gasteiger partial charge in [-0.1, -0.05) is 29.3 Å². The molecule has 2 fully saturated rings. The van der Waals surface area contributed by atoms with Gasteiger partial charge in [-0.25, -0.2) is 4.98 Å². The first-order valence-electron chi connectivity index (χ1n) is 11.2. The minimum Gasteiger partial charge on any atom is -0.491 e. The molecule has 0 aliphatic carbocycles. The van der Waals surface area contributed by atoms with E-state index in [4.69, 9.17) is 37.4 Å². The number of hydroxylamine groups is 2. The Balaban J connectivity index is 1.25. The predicted molar refractivity (Wildman–Crippen MR) is 129 cm³/mol. The minimum absolute atomic E-state index is 0.285. The van der Waals surface area contributed by atoms with Crippen LogP contribution >= 0.6 is 23.2 Å². The summed E-state index contributed by atoms with van der Waals surface area (Å²) in [7, 11) is 0. The highest BCUT2D eigenvalue weighted by atomic mass is 35.5. The Labute approximate surface area is 208 Å². The van der Waals surface area contributed by atoms with Gasteiger partial charge < -0.3 is 28.9 Å². The molecular formula is C24H26Cl2N4O4. The summed E-state index contributed by atoms with van der Waals surface area (Å²) >= 11 is 12.6. The average Bonchev–Trinajstić information content (AvgIpc) is 3.49. The van der Waals surface area contributed by atoms with Crippen LogP contribution in [0.3, 0.4) is 0 Å². The molecule has 0 bridgehead atoms. The Kier molecular flexibility index (Phi) is 6.96. The van der Waals surface area contributed by atoms with Crippen LogP contribution in [-0.4, -0.2) is 65.3 Å². The second kappa shape index (κ2) is 10.1. The number of hydrogen-bond donors (Lipinski definition) is 1. The smallest absolute Gasteiger partial charge is 0.215 e. The van der Waals surface area contributed by atoms with E-state index in [1.165, 1.54) is 5.06 Å². The van der Waals surface area contributed by atoms with Crippen molar-refractivity contribution in [3.63, 3.8) is 0 Å². The molecule has 8 nitrogen and oxygen atoms in total. The molecule has 0 spiro atoms. The monoisotopic (exact) mass is 504 g/mol. The number of piperazine rings is 1. The summed E-state index contributed by atoms with van der Waals surface area (Å²) in [5, 5.41) is 11.9. The highest BCUT2D eigenvalue weighted by Gasteiger charge is 2.45. The lowest BCUT2D eigenvalue weighted by atomic mass is 10.1. The Morgan fingerprint density at radius 3 is 2.59 bits per heavy atom. The number of nitrogens with zero attached hydrogens (tertiary/aromatic N) is 4. The van der Waals surface area contributed by atoms with Gasteiger partial charge in [0, 0.05) is 54.8 Å². The molecule has 3 aromatic rings. The first-order chi connectivity index (χ1) is 16.5. The Bertz CT molecular complexity index is 1090. The van der Waals surface area contributed by atoms with Gasteiger partial charge in [0.2, 0.25) is 5.79 Å². The molecule has 1 N–H and O–H groups in total. The van der Waals surface area contributed by atoms with Crippen molar-refractivity contribution < 1.29 is 19.4 Å². The van der Waals surface area contributed by atoms with Crippen LogP contribution in [0.1, 0.15) is 5.56 Å². The molecule has 5 rings (SSSR count). The molecule has 0 radical (unpaired) electrons. The van der Waals surface area contributed by atoms with Gasteiger partial charge in [-0.15, -0.1) is 0 Å². The van der Waals surface area contributed by atoms with Crippen molar-refractivity contribution in [1.82, 2.24) is 14.6 Å². The van der Waals surface area contributed by atoms with E-state index in [-0.39, 0.29) is 6.10 Å². The summed E-state index contributed by atoms with van der Waals surface area (Å²) in [4.78, 5) is 6.36. The van der Waals surface area contributed by atoms with E-state index >= 15 is 0 Å². The van der Waals surface area contributed by atoms with E-state index < -0.39 is 5.79 Å². The molecule has 0 amide bonds. The summed E-state index contributed by atoms with van der Waals surface area (Å²) in [5.74, 6) is -0.320. The second-order valence-corrected chi connectivity index (χ2v) is 9.25. The fourth-order valence-electron chi connectivity index (χ4n) is 4.27. The Morgan fingerprint density at radius 2 is 1.88 bits per heavy atom. The number of aromatic nitrogens is 2. The first kappa shape index (κ1) is 23.4. The molecule has 2 aromatic carbocycles. The molecule has 180 valence electrons. The predicted octanol–water partition coefficient (Wildman–Crippen LogP) is 4.05. The quantitative estimate of drug-likeness (QED) is 0.520. The normalized spacial score (nSPS) is 23.4. The Morgan fingerprint density at radius 1 is 1.09 bits per heavy atom. The van der Waals surface area contributed by atoms with Gasteiger partial charge in [0.05, 0.1) is 24.5 Å². The van der Waals surface area contributed by atoms with Gasteiger partial charge in [-0.2, -0.15) is 5.06 Å². The van der Waals surface area contributed by atoms with E-state index in [9.17, 15) is 5.21 Å². The summed E-state index contributed by atoms with van der Waals surface area (Å²) in [5.41, 5.74) is 1.82. The van der Waals surface area contributed by atoms with Crippen LogP contribution in [0.2, 0.25) is 10.0 Å². The molecule has 34 heavy (non-hydrogen) atoms. The summed E-state index contributed by atoms with van der Waals surface area (Å²) in [6.45, 7) is 3.93. The number of benzene rings is 2. The van der Waals surface area contributed by atoms with Crippen molar-refractivity contribution in [2.75, 3.05) is 44.3 Å². The van der Waals surface area contributed by atoms with Crippen LogP contribution in [-0.2, 0) is 21.8 Å². The SMILES string of the molecule is ON1CCN(c2ccc(OCC3COC(Cn4ccnc4)(c4ccc(Cl)cc4Cl)O3)cc2)CC1. The lowest BCUT2D eigenvalue weighted by Gasteiger charge is -2.32. The molecule has 10 heteroatoms. The molecule has 2 aliphatic heterocycles. The van der Waals surface area contributed by atoms with Gasteiger partial charge in [0.1, 0.15) is 18.5 Å². The molecule has 0 saturated carbocycles.